The Morgan fingerprint density at radius 3 is 2.55 bits per heavy atom. The lowest BCUT2D eigenvalue weighted by molar-refractivity contribution is -0.126. The number of methoxy groups -OCH3 is 1. The minimum absolute atomic E-state index is 0.0879. The van der Waals surface area contributed by atoms with Crippen LogP contribution in [-0.4, -0.2) is 40.6 Å². The Kier molecular flexibility index (Phi) is 5.81. The number of piperidine rings is 1. The van der Waals surface area contributed by atoms with Gasteiger partial charge in [0, 0.05) is 19.5 Å². The first-order valence-electron chi connectivity index (χ1n) is 10.2. The smallest absolute Gasteiger partial charge is 0.223 e. The maximum absolute atomic E-state index is 12.6. The van der Waals surface area contributed by atoms with Crippen LogP contribution in [0.5, 0.6) is 5.75 Å². The van der Waals surface area contributed by atoms with Crippen LogP contribution in [0.4, 0.5) is 0 Å². The van der Waals surface area contributed by atoms with Crippen molar-refractivity contribution in [3.63, 3.8) is 0 Å². The summed E-state index contributed by atoms with van der Waals surface area (Å²) in [6.45, 7) is 3.22. The summed E-state index contributed by atoms with van der Waals surface area (Å²) in [5, 5.41) is 3.08. The average molecular weight is 393 g/mol. The predicted molar refractivity (Wildman–Crippen MR) is 114 cm³/mol. The number of benzene rings is 2. The lowest BCUT2D eigenvalue weighted by Gasteiger charge is -2.31. The molecule has 0 radical (unpaired) electrons. The SMILES string of the molecule is COc1ccc(CNC(=O)C2CCN(Cc3nc4ccccc4n3C)CC2)cc1. The van der Waals surface area contributed by atoms with E-state index in [2.05, 4.69) is 34.0 Å². The van der Waals surface area contributed by atoms with Crippen molar-refractivity contribution in [1.82, 2.24) is 19.8 Å². The number of likely N-dealkylation sites (tertiary alicyclic amines) is 1. The number of aryl methyl sites for hydroxylation is 1. The molecule has 1 aliphatic heterocycles. The Hall–Kier alpha value is -2.86. The molecule has 1 saturated heterocycles. The number of para-hydroxylation sites is 2. The van der Waals surface area contributed by atoms with Gasteiger partial charge in [-0.3, -0.25) is 9.69 Å². The van der Waals surface area contributed by atoms with E-state index >= 15 is 0 Å². The molecule has 1 N–H and O–H groups in total. The largest absolute Gasteiger partial charge is 0.497 e. The number of hydrogen-bond donors (Lipinski definition) is 1. The van der Waals surface area contributed by atoms with E-state index in [1.165, 1.54) is 0 Å². The summed E-state index contributed by atoms with van der Waals surface area (Å²) >= 11 is 0. The maximum atomic E-state index is 12.6. The molecule has 0 bridgehead atoms. The molecule has 0 aliphatic carbocycles. The molecule has 6 nitrogen and oxygen atoms in total. The zero-order chi connectivity index (χ0) is 20.2. The number of carbonyl (C=O) groups excluding carboxylic acids is 1. The van der Waals surface area contributed by atoms with Crippen LogP contribution >= 0.6 is 0 Å². The molecule has 1 aromatic heterocycles. The van der Waals surface area contributed by atoms with Crippen molar-refractivity contribution in [2.75, 3.05) is 20.2 Å². The lowest BCUT2D eigenvalue weighted by Crippen LogP contribution is -2.40. The number of fused-ring (bicyclic) bond motifs is 1. The Balaban J connectivity index is 1.27. The van der Waals surface area contributed by atoms with Crippen LogP contribution in [0, 0.1) is 5.92 Å². The summed E-state index contributed by atoms with van der Waals surface area (Å²) in [7, 11) is 3.73. The molecule has 4 rings (SSSR count). The third kappa shape index (κ3) is 4.43. The number of carbonyl (C=O) groups is 1. The van der Waals surface area contributed by atoms with Gasteiger partial charge < -0.3 is 14.6 Å². The second kappa shape index (κ2) is 8.66. The molecule has 152 valence electrons. The summed E-state index contributed by atoms with van der Waals surface area (Å²) in [5.41, 5.74) is 3.28. The van der Waals surface area contributed by atoms with Gasteiger partial charge in [0.05, 0.1) is 24.7 Å². The molecule has 1 fully saturated rings. The van der Waals surface area contributed by atoms with Gasteiger partial charge in [-0.05, 0) is 55.8 Å². The number of ether oxygens (including phenoxy) is 1. The number of hydrogen-bond acceptors (Lipinski definition) is 4. The van der Waals surface area contributed by atoms with Crippen molar-refractivity contribution < 1.29 is 9.53 Å². The first-order valence-corrected chi connectivity index (χ1v) is 10.2. The van der Waals surface area contributed by atoms with E-state index < -0.39 is 0 Å². The van der Waals surface area contributed by atoms with Gasteiger partial charge in [0.2, 0.25) is 5.91 Å². The highest BCUT2D eigenvalue weighted by Crippen LogP contribution is 2.21. The molecule has 6 heteroatoms. The van der Waals surface area contributed by atoms with Crippen molar-refractivity contribution in [2.45, 2.75) is 25.9 Å². The molecule has 1 amide bonds. The van der Waals surface area contributed by atoms with E-state index in [9.17, 15) is 4.79 Å². The third-order valence-electron chi connectivity index (χ3n) is 5.83. The lowest BCUT2D eigenvalue weighted by atomic mass is 9.96. The topological polar surface area (TPSA) is 59.4 Å². The van der Waals surface area contributed by atoms with E-state index in [4.69, 9.17) is 9.72 Å². The van der Waals surface area contributed by atoms with E-state index in [0.717, 1.165) is 60.6 Å². The second-order valence-electron chi connectivity index (χ2n) is 7.69. The summed E-state index contributed by atoms with van der Waals surface area (Å²) in [6, 6.07) is 16.0. The van der Waals surface area contributed by atoms with Gasteiger partial charge in [0.15, 0.2) is 0 Å². The first-order chi connectivity index (χ1) is 14.1. The highest BCUT2D eigenvalue weighted by atomic mass is 16.5. The van der Waals surface area contributed by atoms with Crippen molar-refractivity contribution in [3.8, 4) is 5.75 Å². The van der Waals surface area contributed by atoms with Gasteiger partial charge in [-0.15, -0.1) is 0 Å². The van der Waals surface area contributed by atoms with Crippen LogP contribution < -0.4 is 10.1 Å². The number of amides is 1. The number of imidazole rings is 1. The van der Waals surface area contributed by atoms with Crippen LogP contribution in [0.25, 0.3) is 11.0 Å². The monoisotopic (exact) mass is 392 g/mol. The third-order valence-corrected chi connectivity index (χ3v) is 5.83. The van der Waals surface area contributed by atoms with E-state index in [0.29, 0.717) is 6.54 Å². The van der Waals surface area contributed by atoms with Gasteiger partial charge in [-0.1, -0.05) is 24.3 Å². The predicted octanol–water partition coefficient (Wildman–Crippen LogP) is 3.11. The normalized spacial score (nSPS) is 15.5. The quantitative estimate of drug-likeness (QED) is 0.700. The van der Waals surface area contributed by atoms with Crippen molar-refractivity contribution in [1.29, 1.82) is 0 Å². The Morgan fingerprint density at radius 1 is 1.14 bits per heavy atom. The fourth-order valence-corrected chi connectivity index (χ4v) is 3.97. The first kappa shape index (κ1) is 19.5. The van der Waals surface area contributed by atoms with Crippen LogP contribution in [-0.2, 0) is 24.9 Å². The fourth-order valence-electron chi connectivity index (χ4n) is 3.97. The molecule has 0 unspecified atom stereocenters. The zero-order valence-corrected chi connectivity index (χ0v) is 17.1. The minimum Gasteiger partial charge on any atom is -0.497 e. The van der Waals surface area contributed by atoms with Gasteiger partial charge in [-0.25, -0.2) is 4.98 Å². The number of nitrogens with zero attached hydrogens (tertiary/aromatic N) is 3. The molecular weight excluding hydrogens is 364 g/mol. The van der Waals surface area contributed by atoms with Crippen LogP contribution in [0.2, 0.25) is 0 Å². The highest BCUT2D eigenvalue weighted by Gasteiger charge is 2.25. The van der Waals surface area contributed by atoms with E-state index in [-0.39, 0.29) is 11.8 Å². The molecule has 29 heavy (non-hydrogen) atoms. The Morgan fingerprint density at radius 2 is 1.86 bits per heavy atom. The van der Waals surface area contributed by atoms with Crippen molar-refractivity contribution in [2.24, 2.45) is 13.0 Å². The molecule has 2 aromatic carbocycles. The average Bonchev–Trinajstić information content (AvgIpc) is 3.08. The van der Waals surface area contributed by atoms with Crippen molar-refractivity contribution >= 4 is 16.9 Å². The standard InChI is InChI=1S/C23H28N4O2/c1-26-21-6-4-3-5-20(21)25-22(26)16-27-13-11-18(12-14-27)23(28)24-15-17-7-9-19(29-2)10-8-17/h3-10,18H,11-16H2,1-2H3,(H,24,28). The highest BCUT2D eigenvalue weighted by molar-refractivity contribution is 5.78. The molecule has 0 spiro atoms. The zero-order valence-electron chi connectivity index (χ0n) is 17.1. The minimum atomic E-state index is 0.0879. The number of nitrogens with one attached hydrogen (secondary N) is 1. The molecule has 0 saturated carbocycles. The van der Waals surface area contributed by atoms with E-state index in [1.54, 1.807) is 7.11 Å². The summed E-state index contributed by atoms with van der Waals surface area (Å²) in [6.07, 6.45) is 1.77. The van der Waals surface area contributed by atoms with Gasteiger partial charge in [0.25, 0.3) is 0 Å². The van der Waals surface area contributed by atoms with Crippen molar-refractivity contribution in [3.05, 3.63) is 59.9 Å². The van der Waals surface area contributed by atoms with Gasteiger partial charge in [0.1, 0.15) is 11.6 Å². The van der Waals surface area contributed by atoms with Crippen LogP contribution in [0.3, 0.4) is 0 Å². The summed E-state index contributed by atoms with van der Waals surface area (Å²) in [4.78, 5) is 19.7. The molecule has 2 heterocycles. The second-order valence-corrected chi connectivity index (χ2v) is 7.69. The number of rotatable bonds is 6. The van der Waals surface area contributed by atoms with Crippen LogP contribution in [0.1, 0.15) is 24.2 Å². The molecular formula is C23H28N4O2. The van der Waals surface area contributed by atoms with Gasteiger partial charge in [-0.2, -0.15) is 0 Å². The van der Waals surface area contributed by atoms with Crippen LogP contribution in [0.15, 0.2) is 48.5 Å². The fraction of sp³-hybridized carbons (Fsp3) is 0.391. The van der Waals surface area contributed by atoms with E-state index in [1.807, 2.05) is 36.4 Å². The Labute approximate surface area is 171 Å². The molecule has 0 atom stereocenters. The maximum Gasteiger partial charge on any atom is 0.223 e. The summed E-state index contributed by atoms with van der Waals surface area (Å²) < 4.78 is 7.34. The molecule has 1 aliphatic rings. The van der Waals surface area contributed by atoms with Gasteiger partial charge >= 0.3 is 0 Å². The molecule has 3 aromatic rings. The number of aromatic nitrogens is 2. The Bertz CT molecular complexity index is 972. The summed E-state index contributed by atoms with van der Waals surface area (Å²) in [5.74, 6) is 2.15.